The zero-order valence-corrected chi connectivity index (χ0v) is 13.6. The second-order valence-electron chi connectivity index (χ2n) is 5.77. The zero-order valence-electron chi connectivity index (χ0n) is 12.7. The highest BCUT2D eigenvalue weighted by molar-refractivity contribution is 7.81. The van der Waals surface area contributed by atoms with Gasteiger partial charge in [0.15, 0.2) is 0 Å². The molecule has 1 fully saturated rings. The number of likely N-dealkylation sites (tertiary alicyclic amines) is 1. The van der Waals surface area contributed by atoms with Gasteiger partial charge in [0.1, 0.15) is 6.04 Å². The maximum Gasteiger partial charge on any atom is 0.326 e. The van der Waals surface area contributed by atoms with Crippen LogP contribution in [0.4, 0.5) is 0 Å². The van der Waals surface area contributed by atoms with E-state index in [4.69, 9.17) is 5.11 Å². The summed E-state index contributed by atoms with van der Waals surface area (Å²) < 4.78 is 0. The number of hydrogen-bond donors (Lipinski definition) is 3. The van der Waals surface area contributed by atoms with Crippen LogP contribution in [-0.4, -0.2) is 51.5 Å². The fraction of sp³-hybridized carbons (Fsp3) is 0.714. The molecule has 1 aliphatic rings. The lowest BCUT2D eigenvalue weighted by Gasteiger charge is -2.20. The number of aliphatic carboxylic acids is 1. The van der Waals surface area contributed by atoms with E-state index < -0.39 is 23.2 Å². The maximum atomic E-state index is 12.0. The van der Waals surface area contributed by atoms with Gasteiger partial charge < -0.3 is 10.4 Å². The molecule has 0 aromatic carbocycles. The van der Waals surface area contributed by atoms with Crippen LogP contribution in [0.3, 0.4) is 0 Å². The fourth-order valence-corrected chi connectivity index (χ4v) is 2.41. The van der Waals surface area contributed by atoms with Crippen LogP contribution in [0, 0.1) is 5.92 Å². The van der Waals surface area contributed by atoms with Gasteiger partial charge in [0.25, 0.3) is 0 Å². The molecule has 1 heterocycles. The number of carbonyl (C=O) groups excluding carboxylic acids is 3. The summed E-state index contributed by atoms with van der Waals surface area (Å²) in [4.78, 5) is 47.1. The van der Waals surface area contributed by atoms with Crippen molar-refractivity contribution < 1.29 is 24.3 Å². The van der Waals surface area contributed by atoms with E-state index in [1.165, 1.54) is 0 Å². The van der Waals surface area contributed by atoms with Gasteiger partial charge in [0, 0.05) is 19.4 Å². The van der Waals surface area contributed by atoms with Crippen LogP contribution in [0.2, 0.25) is 0 Å². The van der Waals surface area contributed by atoms with Crippen molar-refractivity contribution in [3.05, 3.63) is 0 Å². The Labute approximate surface area is 134 Å². The second kappa shape index (κ2) is 8.17. The summed E-state index contributed by atoms with van der Waals surface area (Å²) in [6.07, 6.45) is 0.931. The van der Waals surface area contributed by atoms with Crippen molar-refractivity contribution in [1.29, 1.82) is 0 Å². The summed E-state index contributed by atoms with van der Waals surface area (Å²) in [5.74, 6) is -1.95. The number of carboxylic acids is 1. The molecular weight excluding hydrogens is 308 g/mol. The Balaban J connectivity index is 2.48. The van der Waals surface area contributed by atoms with Gasteiger partial charge in [-0.1, -0.05) is 13.8 Å². The Morgan fingerprint density at radius 3 is 2.27 bits per heavy atom. The molecule has 0 aromatic heterocycles. The number of carbonyl (C=O) groups is 4. The number of amides is 3. The molecule has 3 amide bonds. The highest BCUT2D eigenvalue weighted by Gasteiger charge is 2.30. The summed E-state index contributed by atoms with van der Waals surface area (Å²) in [6, 6.07) is -0.961. The normalized spacial score (nSPS) is 17.7. The third-order valence-electron chi connectivity index (χ3n) is 3.41. The van der Waals surface area contributed by atoms with Gasteiger partial charge in [-0.15, -0.1) is 0 Å². The molecule has 124 valence electrons. The van der Waals surface area contributed by atoms with E-state index in [1.54, 1.807) is 0 Å². The summed E-state index contributed by atoms with van der Waals surface area (Å²) in [5.41, 5.74) is 0. The van der Waals surface area contributed by atoms with Gasteiger partial charge in [-0.3, -0.25) is 19.3 Å². The minimum absolute atomic E-state index is 0.125. The van der Waals surface area contributed by atoms with E-state index in [1.807, 2.05) is 13.8 Å². The fourth-order valence-electron chi connectivity index (χ4n) is 2.22. The van der Waals surface area contributed by atoms with Crippen molar-refractivity contribution in [2.24, 2.45) is 5.92 Å². The summed E-state index contributed by atoms with van der Waals surface area (Å²) in [7, 11) is 0. The first-order chi connectivity index (χ1) is 10.2. The van der Waals surface area contributed by atoms with E-state index >= 15 is 0 Å². The molecule has 0 saturated carbocycles. The number of nitrogens with one attached hydrogen (secondary N) is 1. The standard InChI is InChI=1S/C14H22N2O5S/c1-8(2)7-9(14(20)21)15-13(19)10(22)5-6-16-11(17)3-4-12(16)18/h8-10,22H,3-7H2,1-2H3,(H,15,19)(H,20,21)/t9-,10?/m0/s1. The van der Waals surface area contributed by atoms with Crippen LogP contribution in [0.5, 0.6) is 0 Å². The molecular formula is C14H22N2O5S. The van der Waals surface area contributed by atoms with Crippen molar-refractivity contribution in [2.75, 3.05) is 6.54 Å². The molecule has 0 bridgehead atoms. The van der Waals surface area contributed by atoms with Crippen LogP contribution < -0.4 is 5.32 Å². The Morgan fingerprint density at radius 2 is 1.82 bits per heavy atom. The Kier molecular flexibility index (Phi) is 6.86. The Hall–Kier alpha value is -1.57. The first kappa shape index (κ1) is 18.5. The van der Waals surface area contributed by atoms with Gasteiger partial charge >= 0.3 is 5.97 Å². The van der Waals surface area contributed by atoms with Crippen molar-refractivity contribution in [1.82, 2.24) is 10.2 Å². The molecule has 7 nitrogen and oxygen atoms in total. The van der Waals surface area contributed by atoms with Crippen molar-refractivity contribution in [3.63, 3.8) is 0 Å². The van der Waals surface area contributed by atoms with Crippen LogP contribution >= 0.6 is 12.6 Å². The zero-order chi connectivity index (χ0) is 16.9. The minimum atomic E-state index is -1.09. The molecule has 0 aromatic rings. The molecule has 2 N–H and O–H groups in total. The average molecular weight is 330 g/mol. The van der Waals surface area contributed by atoms with Gasteiger partial charge in [0.2, 0.25) is 17.7 Å². The average Bonchev–Trinajstić information content (AvgIpc) is 2.74. The van der Waals surface area contributed by atoms with Gasteiger partial charge in [-0.25, -0.2) is 4.79 Å². The van der Waals surface area contributed by atoms with Gasteiger partial charge in [-0.2, -0.15) is 12.6 Å². The number of imide groups is 1. The number of carboxylic acid groups (broad SMARTS) is 1. The SMILES string of the molecule is CC(C)C[C@H](NC(=O)C(S)CCN1C(=O)CCC1=O)C(=O)O. The quantitative estimate of drug-likeness (QED) is 0.442. The van der Waals surface area contributed by atoms with E-state index in [-0.39, 0.29) is 43.5 Å². The molecule has 22 heavy (non-hydrogen) atoms. The summed E-state index contributed by atoms with van der Waals surface area (Å²) >= 11 is 4.14. The highest BCUT2D eigenvalue weighted by atomic mass is 32.1. The van der Waals surface area contributed by atoms with E-state index in [0.29, 0.717) is 6.42 Å². The molecule has 1 saturated heterocycles. The molecule has 1 aliphatic heterocycles. The van der Waals surface area contributed by atoms with Crippen LogP contribution in [0.1, 0.15) is 39.5 Å². The van der Waals surface area contributed by atoms with Crippen LogP contribution in [-0.2, 0) is 19.2 Å². The van der Waals surface area contributed by atoms with Gasteiger partial charge in [-0.05, 0) is 18.8 Å². The predicted octanol–water partition coefficient (Wildman–Crippen LogP) is 0.439. The number of rotatable bonds is 8. The number of nitrogens with zero attached hydrogens (tertiary/aromatic N) is 1. The van der Waals surface area contributed by atoms with Gasteiger partial charge in [0.05, 0.1) is 5.25 Å². The van der Waals surface area contributed by atoms with E-state index in [9.17, 15) is 19.2 Å². The van der Waals surface area contributed by atoms with Crippen molar-refractivity contribution in [2.45, 2.75) is 50.8 Å². The van der Waals surface area contributed by atoms with Crippen LogP contribution in [0.15, 0.2) is 0 Å². The molecule has 0 spiro atoms. The second-order valence-corrected chi connectivity index (χ2v) is 6.40. The first-order valence-corrected chi connectivity index (χ1v) is 7.78. The third kappa shape index (κ3) is 5.32. The predicted molar refractivity (Wildman–Crippen MR) is 82.4 cm³/mol. The van der Waals surface area contributed by atoms with E-state index in [2.05, 4.69) is 17.9 Å². The first-order valence-electron chi connectivity index (χ1n) is 7.26. The monoisotopic (exact) mass is 330 g/mol. The van der Waals surface area contributed by atoms with Crippen molar-refractivity contribution >= 4 is 36.3 Å². The largest absolute Gasteiger partial charge is 0.480 e. The topological polar surface area (TPSA) is 104 Å². The highest BCUT2D eigenvalue weighted by Crippen LogP contribution is 2.14. The number of thiol groups is 1. The molecule has 2 atom stereocenters. The lowest BCUT2D eigenvalue weighted by molar-refractivity contribution is -0.142. The molecule has 0 aliphatic carbocycles. The summed E-state index contributed by atoms with van der Waals surface area (Å²) in [6.45, 7) is 3.86. The molecule has 1 rings (SSSR count). The summed E-state index contributed by atoms with van der Waals surface area (Å²) in [5, 5.41) is 10.8. The smallest absolute Gasteiger partial charge is 0.326 e. The lowest BCUT2D eigenvalue weighted by atomic mass is 10.0. The maximum absolute atomic E-state index is 12.0. The van der Waals surface area contributed by atoms with Crippen molar-refractivity contribution in [3.8, 4) is 0 Å². The Morgan fingerprint density at radius 1 is 1.27 bits per heavy atom. The number of hydrogen-bond acceptors (Lipinski definition) is 5. The van der Waals surface area contributed by atoms with Crippen LogP contribution in [0.25, 0.3) is 0 Å². The van der Waals surface area contributed by atoms with E-state index in [0.717, 1.165) is 4.90 Å². The minimum Gasteiger partial charge on any atom is -0.480 e. The molecule has 1 unspecified atom stereocenters. The third-order valence-corrected chi connectivity index (χ3v) is 3.90. The molecule has 0 radical (unpaired) electrons. The molecule has 8 heteroatoms. The lowest BCUT2D eigenvalue weighted by Crippen LogP contribution is -2.45. The Bertz CT molecular complexity index is 450.